The molecule has 26 heavy (non-hydrogen) atoms. The molecule has 2 heterocycles. The number of hydrogen-bond acceptors (Lipinski definition) is 7. The zero-order chi connectivity index (χ0) is 17.8. The average molecular weight is 383 g/mol. The van der Waals surface area contributed by atoms with E-state index in [1.54, 1.807) is 7.11 Å². The lowest BCUT2D eigenvalue weighted by molar-refractivity contribution is 0.190. The van der Waals surface area contributed by atoms with Crippen LogP contribution in [0.3, 0.4) is 0 Å². The van der Waals surface area contributed by atoms with Crippen molar-refractivity contribution in [3.63, 3.8) is 0 Å². The summed E-state index contributed by atoms with van der Waals surface area (Å²) in [5, 5.41) is 7.53. The molecule has 144 valence electrons. The van der Waals surface area contributed by atoms with Gasteiger partial charge in [0.25, 0.3) is 5.89 Å². The van der Waals surface area contributed by atoms with Crippen molar-refractivity contribution in [3.05, 3.63) is 24.0 Å². The number of hydrogen-bond donors (Lipinski definition) is 1. The Hall–Kier alpha value is -1.83. The van der Waals surface area contributed by atoms with Gasteiger partial charge in [0.2, 0.25) is 0 Å². The number of aromatic nitrogens is 2. The second kappa shape index (κ2) is 9.21. The molecule has 1 unspecified atom stereocenters. The molecule has 3 rings (SSSR count). The van der Waals surface area contributed by atoms with E-state index in [0.717, 1.165) is 30.9 Å². The number of ether oxygens (including phenoxy) is 2. The van der Waals surface area contributed by atoms with Crippen molar-refractivity contribution in [1.82, 2.24) is 20.4 Å². The summed E-state index contributed by atoms with van der Waals surface area (Å²) in [5.74, 6) is 3.01. The van der Waals surface area contributed by atoms with Crippen LogP contribution in [-0.4, -0.2) is 55.4 Å². The van der Waals surface area contributed by atoms with Crippen molar-refractivity contribution in [2.24, 2.45) is 5.92 Å². The van der Waals surface area contributed by atoms with Crippen LogP contribution in [0.2, 0.25) is 0 Å². The van der Waals surface area contributed by atoms with Crippen LogP contribution in [0.5, 0.6) is 11.5 Å². The Labute approximate surface area is 160 Å². The summed E-state index contributed by atoms with van der Waals surface area (Å²) in [4.78, 5) is 6.81. The number of likely N-dealkylation sites (N-methyl/N-ethyl adjacent to an activating group) is 1. The van der Waals surface area contributed by atoms with E-state index >= 15 is 0 Å². The molecule has 0 bridgehead atoms. The van der Waals surface area contributed by atoms with E-state index < -0.39 is 0 Å². The molecular formula is C18H27ClN4O3. The van der Waals surface area contributed by atoms with Gasteiger partial charge >= 0.3 is 0 Å². The number of methoxy groups -OCH3 is 1. The Kier molecular flexibility index (Phi) is 7.25. The molecule has 0 saturated carbocycles. The number of rotatable bonds is 6. The number of piperazine rings is 1. The fraction of sp³-hybridized carbons (Fsp3) is 0.556. The minimum absolute atomic E-state index is 0. The lowest BCUT2D eigenvalue weighted by Gasteiger charge is -2.30. The van der Waals surface area contributed by atoms with Gasteiger partial charge in [0.15, 0.2) is 17.3 Å². The largest absolute Gasteiger partial charge is 0.493 e. The summed E-state index contributed by atoms with van der Waals surface area (Å²) in [5.41, 5.74) is 0.818. The monoisotopic (exact) mass is 382 g/mol. The Balaban J connectivity index is 0.00000243. The molecule has 1 aromatic carbocycles. The van der Waals surface area contributed by atoms with E-state index in [1.807, 2.05) is 18.2 Å². The number of nitrogens with zero attached hydrogens (tertiary/aromatic N) is 3. The van der Waals surface area contributed by atoms with Gasteiger partial charge in [-0.2, -0.15) is 4.98 Å². The second-order valence-corrected chi connectivity index (χ2v) is 6.73. The van der Waals surface area contributed by atoms with Crippen LogP contribution in [0.4, 0.5) is 0 Å². The lowest BCUT2D eigenvalue weighted by atomic mass is 10.2. The van der Waals surface area contributed by atoms with Crippen LogP contribution in [0.1, 0.15) is 25.7 Å². The van der Waals surface area contributed by atoms with E-state index in [0.29, 0.717) is 30.0 Å². The molecule has 1 aromatic heterocycles. The minimum atomic E-state index is 0. The summed E-state index contributed by atoms with van der Waals surface area (Å²) in [6.45, 7) is 7.62. The van der Waals surface area contributed by atoms with Crippen molar-refractivity contribution in [2.45, 2.75) is 19.9 Å². The lowest BCUT2D eigenvalue weighted by Crippen LogP contribution is -2.44. The maximum atomic E-state index is 5.79. The highest BCUT2D eigenvalue weighted by molar-refractivity contribution is 5.85. The van der Waals surface area contributed by atoms with Gasteiger partial charge in [-0.3, -0.25) is 4.90 Å². The third kappa shape index (κ3) is 4.66. The van der Waals surface area contributed by atoms with E-state index in [4.69, 9.17) is 14.0 Å². The van der Waals surface area contributed by atoms with E-state index in [1.165, 1.54) is 0 Å². The second-order valence-electron chi connectivity index (χ2n) is 6.73. The zero-order valence-corrected chi connectivity index (χ0v) is 16.5. The molecule has 1 saturated heterocycles. The van der Waals surface area contributed by atoms with Gasteiger partial charge in [0.05, 0.1) is 19.8 Å². The van der Waals surface area contributed by atoms with Crippen LogP contribution in [0, 0.1) is 5.92 Å². The Morgan fingerprint density at radius 1 is 1.35 bits per heavy atom. The third-order valence-electron chi connectivity index (χ3n) is 4.23. The first-order chi connectivity index (χ1) is 12.1. The summed E-state index contributed by atoms with van der Waals surface area (Å²) in [6.07, 6.45) is 0. The summed E-state index contributed by atoms with van der Waals surface area (Å²) < 4.78 is 16.7. The molecule has 1 N–H and O–H groups in total. The highest BCUT2D eigenvalue weighted by Gasteiger charge is 2.25. The smallest absolute Gasteiger partial charge is 0.258 e. The molecule has 1 aliphatic rings. The van der Waals surface area contributed by atoms with E-state index in [2.05, 4.69) is 41.3 Å². The molecule has 2 aromatic rings. The third-order valence-corrected chi connectivity index (χ3v) is 4.23. The van der Waals surface area contributed by atoms with Crippen molar-refractivity contribution in [3.8, 4) is 23.0 Å². The molecule has 1 aliphatic heterocycles. The summed E-state index contributed by atoms with van der Waals surface area (Å²) >= 11 is 0. The molecule has 0 spiro atoms. The SMILES string of the molecule is COc1cc(-c2nc(C3CNCCN3C)no2)ccc1OCC(C)C.Cl. The fourth-order valence-corrected chi connectivity index (χ4v) is 2.76. The first kappa shape index (κ1) is 20.5. The predicted molar refractivity (Wildman–Crippen MR) is 102 cm³/mol. The van der Waals surface area contributed by atoms with Gasteiger partial charge in [-0.15, -0.1) is 12.4 Å². The van der Waals surface area contributed by atoms with Crippen LogP contribution < -0.4 is 14.8 Å². The highest BCUT2D eigenvalue weighted by Crippen LogP contribution is 2.32. The Morgan fingerprint density at radius 3 is 2.85 bits per heavy atom. The zero-order valence-electron chi connectivity index (χ0n) is 15.7. The van der Waals surface area contributed by atoms with Gasteiger partial charge in [-0.25, -0.2) is 0 Å². The maximum absolute atomic E-state index is 5.79. The van der Waals surface area contributed by atoms with Gasteiger partial charge < -0.3 is 19.3 Å². The first-order valence-electron chi connectivity index (χ1n) is 8.64. The van der Waals surface area contributed by atoms with Crippen molar-refractivity contribution >= 4 is 12.4 Å². The van der Waals surface area contributed by atoms with Gasteiger partial charge in [-0.1, -0.05) is 19.0 Å². The van der Waals surface area contributed by atoms with Crippen molar-refractivity contribution < 1.29 is 14.0 Å². The molecular weight excluding hydrogens is 356 g/mol. The highest BCUT2D eigenvalue weighted by atomic mass is 35.5. The molecule has 8 heteroatoms. The van der Waals surface area contributed by atoms with Crippen LogP contribution >= 0.6 is 12.4 Å². The fourth-order valence-electron chi connectivity index (χ4n) is 2.76. The number of benzene rings is 1. The normalized spacial score (nSPS) is 17.8. The van der Waals surface area contributed by atoms with Gasteiger partial charge in [0.1, 0.15) is 0 Å². The van der Waals surface area contributed by atoms with E-state index in [9.17, 15) is 0 Å². The molecule has 0 aliphatic carbocycles. The average Bonchev–Trinajstić information content (AvgIpc) is 3.10. The first-order valence-corrected chi connectivity index (χ1v) is 8.64. The van der Waals surface area contributed by atoms with Crippen molar-refractivity contribution in [2.75, 3.05) is 40.4 Å². The van der Waals surface area contributed by atoms with Crippen LogP contribution in [-0.2, 0) is 0 Å². The minimum Gasteiger partial charge on any atom is -0.493 e. The molecule has 1 fully saturated rings. The summed E-state index contributed by atoms with van der Waals surface area (Å²) in [7, 11) is 3.70. The van der Waals surface area contributed by atoms with Crippen LogP contribution in [0.15, 0.2) is 22.7 Å². The Bertz CT molecular complexity index is 707. The van der Waals surface area contributed by atoms with Gasteiger partial charge in [-0.05, 0) is 31.2 Å². The maximum Gasteiger partial charge on any atom is 0.258 e. The van der Waals surface area contributed by atoms with Gasteiger partial charge in [0, 0.05) is 25.2 Å². The molecule has 0 radical (unpaired) electrons. The topological polar surface area (TPSA) is 72.7 Å². The quantitative estimate of drug-likeness (QED) is 0.823. The van der Waals surface area contributed by atoms with Crippen LogP contribution in [0.25, 0.3) is 11.5 Å². The van der Waals surface area contributed by atoms with Crippen molar-refractivity contribution in [1.29, 1.82) is 0 Å². The Morgan fingerprint density at radius 2 is 2.15 bits per heavy atom. The summed E-state index contributed by atoms with van der Waals surface area (Å²) in [6, 6.07) is 5.80. The molecule has 0 amide bonds. The predicted octanol–water partition coefficient (Wildman–Crippen LogP) is 2.78. The standard InChI is InChI=1S/C18H26N4O3.ClH/c1-12(2)11-24-15-6-5-13(9-16(15)23-4)18-20-17(21-25-18)14-10-19-7-8-22(14)3;/h5-6,9,12,14,19H,7-8,10-11H2,1-4H3;1H. The molecule has 7 nitrogen and oxygen atoms in total. The van der Waals surface area contributed by atoms with E-state index in [-0.39, 0.29) is 18.4 Å². The number of nitrogens with one attached hydrogen (secondary N) is 1. The molecule has 1 atom stereocenters. The number of halogens is 1.